The van der Waals surface area contributed by atoms with E-state index in [4.69, 9.17) is 0 Å². The summed E-state index contributed by atoms with van der Waals surface area (Å²) >= 11 is 3.85. The second-order valence-electron chi connectivity index (χ2n) is 10.8. The zero-order valence-corrected chi connectivity index (χ0v) is 22.5. The van der Waals surface area contributed by atoms with E-state index in [9.17, 15) is 9.59 Å². The maximum absolute atomic E-state index is 13.1. The molecule has 1 atom stereocenters. The standard InChI is InChI=1S/C30H37BrN2O2/c1-22-8-3-4-9-23(22)12-13-27(34)33-18-14-30(15-19-33)21-24(25-10-7-11-26(31)29(25)30)20-28(35)32-16-5-2-6-17-32/h3-4,7-11,24H,2,5-6,12-21H2,1H3. The van der Waals surface area contributed by atoms with Crippen LogP contribution in [0.4, 0.5) is 0 Å². The second kappa shape index (κ2) is 10.5. The van der Waals surface area contributed by atoms with Crippen LogP contribution < -0.4 is 0 Å². The molecule has 2 heterocycles. The Hall–Kier alpha value is -2.14. The number of fused-ring (bicyclic) bond motifs is 2. The van der Waals surface area contributed by atoms with Crippen molar-refractivity contribution in [3.8, 4) is 0 Å². The maximum Gasteiger partial charge on any atom is 0.223 e. The molecule has 186 valence electrons. The molecule has 2 saturated heterocycles. The summed E-state index contributed by atoms with van der Waals surface area (Å²) in [7, 11) is 0. The normalized spacial score (nSPS) is 21.3. The molecule has 1 aliphatic carbocycles. The van der Waals surface area contributed by atoms with Gasteiger partial charge in [-0.3, -0.25) is 9.59 Å². The van der Waals surface area contributed by atoms with Crippen LogP contribution in [0.5, 0.6) is 0 Å². The number of aryl methyl sites for hydroxylation is 2. The van der Waals surface area contributed by atoms with Gasteiger partial charge in [0.05, 0.1) is 0 Å². The number of nitrogens with zero attached hydrogens (tertiary/aromatic N) is 2. The first kappa shape index (κ1) is 24.5. The van der Waals surface area contributed by atoms with E-state index in [1.165, 1.54) is 33.1 Å². The van der Waals surface area contributed by atoms with Crippen molar-refractivity contribution < 1.29 is 9.59 Å². The van der Waals surface area contributed by atoms with Gasteiger partial charge in [0.25, 0.3) is 0 Å². The first-order valence-corrected chi connectivity index (χ1v) is 14.2. The lowest BCUT2D eigenvalue weighted by molar-refractivity contribution is -0.133. The Morgan fingerprint density at radius 3 is 2.37 bits per heavy atom. The van der Waals surface area contributed by atoms with Crippen molar-refractivity contribution in [2.24, 2.45) is 0 Å². The molecule has 0 N–H and O–H groups in total. The van der Waals surface area contributed by atoms with Gasteiger partial charge in [0.1, 0.15) is 0 Å². The number of rotatable bonds is 5. The molecule has 0 bridgehead atoms. The number of benzene rings is 2. The Bertz CT molecular complexity index is 1080. The molecule has 5 heteroatoms. The highest BCUT2D eigenvalue weighted by Crippen LogP contribution is 2.55. The molecule has 35 heavy (non-hydrogen) atoms. The molecular formula is C30H37BrN2O2. The lowest BCUT2D eigenvalue weighted by Gasteiger charge is -2.41. The van der Waals surface area contributed by atoms with E-state index < -0.39 is 0 Å². The molecule has 2 amide bonds. The first-order chi connectivity index (χ1) is 17.0. The van der Waals surface area contributed by atoms with E-state index >= 15 is 0 Å². The minimum atomic E-state index is 0.0646. The van der Waals surface area contributed by atoms with Crippen LogP contribution in [0.2, 0.25) is 0 Å². The highest BCUT2D eigenvalue weighted by Gasteiger charge is 2.47. The molecular weight excluding hydrogens is 500 g/mol. The third-order valence-electron chi connectivity index (χ3n) is 8.73. The topological polar surface area (TPSA) is 40.6 Å². The predicted octanol–water partition coefficient (Wildman–Crippen LogP) is 6.14. The summed E-state index contributed by atoms with van der Waals surface area (Å²) in [5, 5.41) is 0. The van der Waals surface area contributed by atoms with Gasteiger partial charge in [-0.25, -0.2) is 0 Å². The Morgan fingerprint density at radius 2 is 1.63 bits per heavy atom. The van der Waals surface area contributed by atoms with Crippen LogP contribution in [0, 0.1) is 6.92 Å². The molecule has 4 nitrogen and oxygen atoms in total. The van der Waals surface area contributed by atoms with E-state index in [2.05, 4.69) is 75.1 Å². The highest BCUT2D eigenvalue weighted by atomic mass is 79.9. The number of carbonyl (C=O) groups is 2. The fourth-order valence-electron chi connectivity index (χ4n) is 6.72. The molecule has 2 aromatic rings. The van der Waals surface area contributed by atoms with Gasteiger partial charge in [0.2, 0.25) is 11.8 Å². The third kappa shape index (κ3) is 5.07. The molecule has 1 unspecified atom stereocenters. The molecule has 2 fully saturated rings. The van der Waals surface area contributed by atoms with Crippen molar-refractivity contribution in [2.75, 3.05) is 26.2 Å². The first-order valence-electron chi connectivity index (χ1n) is 13.4. The molecule has 2 aromatic carbocycles. The van der Waals surface area contributed by atoms with Crippen molar-refractivity contribution in [2.45, 2.75) is 76.0 Å². The summed E-state index contributed by atoms with van der Waals surface area (Å²) in [5.41, 5.74) is 5.35. The zero-order chi connectivity index (χ0) is 24.4. The third-order valence-corrected chi connectivity index (χ3v) is 9.39. The fourth-order valence-corrected chi connectivity index (χ4v) is 7.52. The smallest absolute Gasteiger partial charge is 0.223 e. The van der Waals surface area contributed by atoms with Gasteiger partial charge < -0.3 is 9.80 Å². The Morgan fingerprint density at radius 1 is 0.914 bits per heavy atom. The quantitative estimate of drug-likeness (QED) is 0.460. The van der Waals surface area contributed by atoms with E-state index in [1.54, 1.807) is 0 Å². The number of piperidine rings is 2. The van der Waals surface area contributed by atoms with Gasteiger partial charge in [0.15, 0.2) is 0 Å². The molecule has 5 rings (SSSR count). The van der Waals surface area contributed by atoms with Gasteiger partial charge in [-0.2, -0.15) is 0 Å². The minimum absolute atomic E-state index is 0.0646. The van der Waals surface area contributed by atoms with E-state index in [-0.39, 0.29) is 17.2 Å². The van der Waals surface area contributed by atoms with Crippen LogP contribution in [-0.4, -0.2) is 47.8 Å². The molecule has 0 saturated carbocycles. The number of hydrogen-bond donors (Lipinski definition) is 0. The Balaban J connectivity index is 1.25. The number of likely N-dealkylation sites (tertiary alicyclic amines) is 2. The van der Waals surface area contributed by atoms with E-state index in [0.29, 0.717) is 18.7 Å². The lowest BCUT2D eigenvalue weighted by atomic mass is 9.73. The van der Waals surface area contributed by atoms with Gasteiger partial charge >= 0.3 is 0 Å². The average Bonchev–Trinajstić information content (AvgIpc) is 3.18. The van der Waals surface area contributed by atoms with Gasteiger partial charge in [-0.15, -0.1) is 0 Å². The number of amides is 2. The summed E-state index contributed by atoms with van der Waals surface area (Å²) in [6.45, 7) is 5.57. The minimum Gasteiger partial charge on any atom is -0.343 e. The predicted molar refractivity (Wildman–Crippen MR) is 144 cm³/mol. The Labute approximate surface area is 218 Å². The van der Waals surface area contributed by atoms with Crippen molar-refractivity contribution in [1.82, 2.24) is 9.80 Å². The zero-order valence-electron chi connectivity index (χ0n) is 20.9. The second-order valence-corrected chi connectivity index (χ2v) is 11.7. The molecule has 3 aliphatic rings. The number of hydrogen-bond acceptors (Lipinski definition) is 2. The summed E-state index contributed by atoms with van der Waals surface area (Å²) < 4.78 is 1.17. The highest BCUT2D eigenvalue weighted by molar-refractivity contribution is 9.10. The van der Waals surface area contributed by atoms with Gasteiger partial charge in [-0.1, -0.05) is 52.3 Å². The molecule has 0 radical (unpaired) electrons. The van der Waals surface area contributed by atoms with Crippen LogP contribution in [-0.2, 0) is 21.4 Å². The number of carbonyl (C=O) groups excluding carboxylic acids is 2. The van der Waals surface area contributed by atoms with Gasteiger partial charge in [0, 0.05) is 48.9 Å². The summed E-state index contributed by atoms with van der Waals surface area (Å²) in [6, 6.07) is 14.9. The van der Waals surface area contributed by atoms with Crippen molar-refractivity contribution in [3.05, 3.63) is 69.2 Å². The monoisotopic (exact) mass is 536 g/mol. The molecule has 2 aliphatic heterocycles. The fraction of sp³-hybridized carbons (Fsp3) is 0.533. The Kier molecular flexibility index (Phi) is 7.34. The van der Waals surface area contributed by atoms with Crippen molar-refractivity contribution in [1.29, 1.82) is 0 Å². The van der Waals surface area contributed by atoms with Crippen LogP contribution >= 0.6 is 15.9 Å². The van der Waals surface area contributed by atoms with Crippen molar-refractivity contribution in [3.63, 3.8) is 0 Å². The lowest BCUT2D eigenvalue weighted by Crippen LogP contribution is -2.44. The van der Waals surface area contributed by atoms with Crippen LogP contribution in [0.15, 0.2) is 46.9 Å². The van der Waals surface area contributed by atoms with Gasteiger partial charge in [-0.05, 0) is 86.1 Å². The summed E-state index contributed by atoms with van der Waals surface area (Å²) in [4.78, 5) is 30.3. The van der Waals surface area contributed by atoms with Crippen LogP contribution in [0.3, 0.4) is 0 Å². The van der Waals surface area contributed by atoms with E-state index in [0.717, 1.165) is 64.7 Å². The largest absolute Gasteiger partial charge is 0.343 e. The van der Waals surface area contributed by atoms with Crippen molar-refractivity contribution >= 4 is 27.7 Å². The molecule has 0 aromatic heterocycles. The number of halogens is 1. The summed E-state index contributed by atoms with van der Waals surface area (Å²) in [6.07, 6.45) is 8.49. The average molecular weight is 538 g/mol. The van der Waals surface area contributed by atoms with E-state index in [1.807, 2.05) is 0 Å². The molecule has 1 spiro atoms. The van der Waals surface area contributed by atoms with Crippen LogP contribution in [0.25, 0.3) is 0 Å². The maximum atomic E-state index is 13.1. The SMILES string of the molecule is Cc1ccccc1CCC(=O)N1CCC2(CC1)CC(CC(=O)N1CCCCC1)c1cccc(Br)c12. The van der Waals surface area contributed by atoms with Crippen LogP contribution in [0.1, 0.15) is 79.5 Å². The summed E-state index contributed by atoms with van der Waals surface area (Å²) in [5.74, 6) is 0.868.